The van der Waals surface area contributed by atoms with E-state index in [0.29, 0.717) is 11.6 Å². The lowest BCUT2D eigenvalue weighted by Gasteiger charge is -2.07. The third-order valence-corrected chi connectivity index (χ3v) is 5.64. The third-order valence-electron chi connectivity index (χ3n) is 5.29. The number of nitrogens with one attached hydrogen (secondary N) is 1. The number of aromatic nitrogens is 1. The Bertz CT molecular complexity index is 1140. The fraction of sp³-hybridized carbons (Fsp3) is 0.200. The highest BCUT2D eigenvalue weighted by molar-refractivity contribution is 6.31. The molecule has 1 N–H and O–H groups in total. The lowest BCUT2D eigenvalue weighted by molar-refractivity contribution is 0.414. The molecule has 0 saturated heterocycles. The van der Waals surface area contributed by atoms with Gasteiger partial charge in [-0.25, -0.2) is 4.39 Å². The second kappa shape index (κ2) is 9.33. The van der Waals surface area contributed by atoms with Gasteiger partial charge in [0.25, 0.3) is 0 Å². The molecule has 0 aliphatic carbocycles. The van der Waals surface area contributed by atoms with E-state index in [1.807, 2.05) is 18.2 Å². The molecule has 4 rings (SSSR count). The maximum Gasteiger partial charge on any atom is 0.124 e. The SMILES string of the molecule is COc1ccc(CCNCc2cn(Cc3ccc(F)cc3Cl)c3ccccc23)cc1. The minimum atomic E-state index is -0.317. The second-order valence-electron chi connectivity index (χ2n) is 7.31. The fourth-order valence-electron chi connectivity index (χ4n) is 3.68. The van der Waals surface area contributed by atoms with Crippen molar-refractivity contribution in [3.63, 3.8) is 0 Å². The minimum absolute atomic E-state index is 0.317. The average Bonchev–Trinajstić information content (AvgIpc) is 3.11. The second-order valence-corrected chi connectivity index (χ2v) is 7.72. The predicted octanol–water partition coefficient (Wildman–Crippen LogP) is 5.82. The van der Waals surface area contributed by atoms with Gasteiger partial charge in [0.2, 0.25) is 0 Å². The first kappa shape index (κ1) is 20.5. The summed E-state index contributed by atoms with van der Waals surface area (Å²) in [5.74, 6) is 0.559. The summed E-state index contributed by atoms with van der Waals surface area (Å²) in [5.41, 5.74) is 4.55. The van der Waals surface area contributed by atoms with Crippen LogP contribution in [0.25, 0.3) is 10.9 Å². The Labute approximate surface area is 181 Å². The summed E-state index contributed by atoms with van der Waals surface area (Å²) < 4.78 is 20.8. The van der Waals surface area contributed by atoms with Crippen molar-refractivity contribution in [2.45, 2.75) is 19.5 Å². The van der Waals surface area contributed by atoms with Gasteiger partial charge in [0, 0.05) is 35.2 Å². The Morgan fingerprint density at radius 2 is 1.80 bits per heavy atom. The molecule has 0 amide bonds. The van der Waals surface area contributed by atoms with Crippen LogP contribution in [-0.2, 0) is 19.5 Å². The Morgan fingerprint density at radius 1 is 1.00 bits per heavy atom. The monoisotopic (exact) mass is 422 g/mol. The average molecular weight is 423 g/mol. The predicted molar refractivity (Wildman–Crippen MR) is 121 cm³/mol. The Morgan fingerprint density at radius 3 is 2.57 bits per heavy atom. The van der Waals surface area contributed by atoms with E-state index in [9.17, 15) is 4.39 Å². The number of rotatable bonds is 8. The summed E-state index contributed by atoms with van der Waals surface area (Å²) in [6.07, 6.45) is 3.11. The van der Waals surface area contributed by atoms with Crippen LogP contribution in [0.15, 0.2) is 72.9 Å². The van der Waals surface area contributed by atoms with Gasteiger partial charge >= 0.3 is 0 Å². The van der Waals surface area contributed by atoms with E-state index in [0.717, 1.165) is 36.3 Å². The summed E-state index contributed by atoms with van der Waals surface area (Å²) in [6, 6.07) is 21.1. The molecule has 0 unspecified atom stereocenters. The Kier molecular flexibility index (Phi) is 6.36. The number of hydrogen-bond acceptors (Lipinski definition) is 2. The first-order valence-electron chi connectivity index (χ1n) is 9.98. The lowest BCUT2D eigenvalue weighted by Crippen LogP contribution is -2.16. The number of fused-ring (bicyclic) bond motifs is 1. The van der Waals surface area contributed by atoms with Gasteiger partial charge in [-0.1, -0.05) is 48.0 Å². The topological polar surface area (TPSA) is 26.2 Å². The maximum atomic E-state index is 13.4. The van der Waals surface area contributed by atoms with Crippen molar-refractivity contribution in [3.8, 4) is 5.75 Å². The molecule has 1 aromatic heterocycles. The molecule has 1 heterocycles. The van der Waals surface area contributed by atoms with Gasteiger partial charge in [-0.3, -0.25) is 0 Å². The smallest absolute Gasteiger partial charge is 0.124 e. The van der Waals surface area contributed by atoms with Gasteiger partial charge in [-0.05, 0) is 60.0 Å². The van der Waals surface area contributed by atoms with Crippen LogP contribution in [-0.4, -0.2) is 18.2 Å². The summed E-state index contributed by atoms with van der Waals surface area (Å²) in [4.78, 5) is 0. The number of halogens is 2. The van der Waals surface area contributed by atoms with Gasteiger partial charge in [-0.15, -0.1) is 0 Å². The van der Waals surface area contributed by atoms with Gasteiger partial charge in [0.05, 0.1) is 7.11 Å². The Hall–Kier alpha value is -2.82. The molecule has 3 nitrogen and oxygen atoms in total. The first-order chi connectivity index (χ1) is 14.6. The lowest BCUT2D eigenvalue weighted by atomic mass is 10.1. The van der Waals surface area contributed by atoms with E-state index in [-0.39, 0.29) is 5.82 Å². The largest absolute Gasteiger partial charge is 0.497 e. The summed E-state index contributed by atoms with van der Waals surface area (Å²) in [5, 5.41) is 5.21. The zero-order valence-corrected chi connectivity index (χ0v) is 17.6. The summed E-state index contributed by atoms with van der Waals surface area (Å²) >= 11 is 6.24. The number of hydrogen-bond donors (Lipinski definition) is 1. The molecule has 3 aromatic carbocycles. The molecule has 0 fully saturated rings. The number of nitrogens with zero attached hydrogens (tertiary/aromatic N) is 1. The van der Waals surface area contributed by atoms with Crippen LogP contribution in [0.3, 0.4) is 0 Å². The Balaban J connectivity index is 1.45. The van der Waals surface area contributed by atoms with Gasteiger partial charge in [0.1, 0.15) is 11.6 Å². The third kappa shape index (κ3) is 4.66. The molecule has 0 saturated carbocycles. The van der Waals surface area contributed by atoms with Crippen molar-refractivity contribution >= 4 is 22.5 Å². The van der Waals surface area contributed by atoms with Gasteiger partial charge in [-0.2, -0.15) is 0 Å². The van der Waals surface area contributed by atoms with Crippen molar-refractivity contribution in [2.24, 2.45) is 0 Å². The number of methoxy groups -OCH3 is 1. The highest BCUT2D eigenvalue weighted by Gasteiger charge is 2.10. The molecule has 30 heavy (non-hydrogen) atoms. The molecule has 0 aliphatic heterocycles. The van der Waals surface area contributed by atoms with Crippen LogP contribution in [0.5, 0.6) is 5.75 Å². The van der Waals surface area contributed by atoms with Crippen LogP contribution < -0.4 is 10.1 Å². The standard InChI is InChI=1S/C25H24ClFN2O/c1-30-22-10-6-18(7-11-22)12-13-28-15-20-17-29(25-5-3-2-4-23(20)25)16-19-8-9-21(27)14-24(19)26/h2-11,14,17,28H,12-13,15-16H2,1H3. The highest BCUT2D eigenvalue weighted by atomic mass is 35.5. The summed E-state index contributed by atoms with van der Waals surface area (Å²) in [6.45, 7) is 2.27. The van der Waals surface area contributed by atoms with Crippen LogP contribution in [0, 0.1) is 5.82 Å². The quantitative estimate of drug-likeness (QED) is 0.362. The van der Waals surface area contributed by atoms with Gasteiger partial charge in [0.15, 0.2) is 0 Å². The molecule has 4 aromatic rings. The van der Waals surface area contributed by atoms with E-state index in [4.69, 9.17) is 16.3 Å². The number of ether oxygens (including phenoxy) is 1. The number of benzene rings is 3. The molecular weight excluding hydrogens is 399 g/mol. The van der Waals surface area contributed by atoms with E-state index < -0.39 is 0 Å². The van der Waals surface area contributed by atoms with Crippen LogP contribution in [0.2, 0.25) is 5.02 Å². The molecule has 0 atom stereocenters. The maximum absolute atomic E-state index is 13.4. The molecule has 0 aliphatic rings. The zero-order valence-electron chi connectivity index (χ0n) is 16.9. The van der Waals surface area contributed by atoms with E-state index in [2.05, 4.69) is 46.4 Å². The van der Waals surface area contributed by atoms with Crippen LogP contribution in [0.1, 0.15) is 16.7 Å². The highest BCUT2D eigenvalue weighted by Crippen LogP contribution is 2.25. The molecule has 0 radical (unpaired) electrons. The molecule has 0 spiro atoms. The molecular formula is C25H24ClFN2O. The van der Waals surface area contributed by atoms with E-state index >= 15 is 0 Å². The van der Waals surface area contributed by atoms with Crippen LogP contribution >= 0.6 is 11.6 Å². The van der Waals surface area contributed by atoms with Crippen molar-refractivity contribution < 1.29 is 9.13 Å². The van der Waals surface area contributed by atoms with Crippen molar-refractivity contribution in [2.75, 3.05) is 13.7 Å². The van der Waals surface area contributed by atoms with Crippen molar-refractivity contribution in [3.05, 3.63) is 100 Å². The number of para-hydroxylation sites is 1. The van der Waals surface area contributed by atoms with Crippen molar-refractivity contribution in [1.29, 1.82) is 0 Å². The molecule has 0 bridgehead atoms. The zero-order chi connectivity index (χ0) is 20.9. The van der Waals surface area contributed by atoms with E-state index in [1.165, 1.54) is 28.6 Å². The van der Waals surface area contributed by atoms with Gasteiger partial charge < -0.3 is 14.6 Å². The van der Waals surface area contributed by atoms with Crippen molar-refractivity contribution in [1.82, 2.24) is 9.88 Å². The normalized spacial score (nSPS) is 11.2. The van der Waals surface area contributed by atoms with E-state index in [1.54, 1.807) is 13.2 Å². The molecule has 5 heteroatoms. The summed E-state index contributed by atoms with van der Waals surface area (Å²) in [7, 11) is 1.68. The van der Waals surface area contributed by atoms with Crippen LogP contribution in [0.4, 0.5) is 4.39 Å². The fourth-order valence-corrected chi connectivity index (χ4v) is 3.90. The molecule has 154 valence electrons. The first-order valence-corrected chi connectivity index (χ1v) is 10.4. The minimum Gasteiger partial charge on any atom is -0.497 e.